The lowest BCUT2D eigenvalue weighted by atomic mass is 10.3. The van der Waals surface area contributed by atoms with E-state index >= 15 is 0 Å². The molecule has 0 aliphatic carbocycles. The first-order valence-electron chi connectivity index (χ1n) is 38.5. The molecule has 127 heavy (non-hydrogen) atoms. The van der Waals surface area contributed by atoms with Crippen molar-refractivity contribution < 1.29 is 71.8 Å². The van der Waals surface area contributed by atoms with Gasteiger partial charge in [0.05, 0.1) is 71.7 Å². The van der Waals surface area contributed by atoms with E-state index in [-0.39, 0.29) is 110 Å². The molecule has 8 aromatic heterocycles. The number of aryl methyl sites for hydroxylation is 2. The number of carbonyl (C=O) groups is 13. The number of aromatic amines is 4. The molecule has 0 fully saturated rings. The van der Waals surface area contributed by atoms with E-state index in [2.05, 4.69) is 81.7 Å². The first-order chi connectivity index (χ1) is 60.4. The molecule has 57 nitrogen and oxygen atoms in total. The molecule has 8 heterocycles. The van der Waals surface area contributed by atoms with Crippen LogP contribution in [0.3, 0.4) is 0 Å². The van der Waals surface area contributed by atoms with Gasteiger partial charge in [-0.3, -0.25) is 120 Å². The quantitative estimate of drug-likeness (QED) is 0.0157. The lowest BCUT2D eigenvalue weighted by molar-refractivity contribution is -0.138. The van der Waals surface area contributed by atoms with Crippen molar-refractivity contribution in [2.24, 2.45) is 11.5 Å². The normalized spacial score (nSPS) is 11.0. The summed E-state index contributed by atoms with van der Waals surface area (Å²) in [5, 5.41) is 15.2. The van der Waals surface area contributed by atoms with Crippen LogP contribution in [0.2, 0.25) is 0 Å². The number of nitrogens with one attached hydrogen (secondary N) is 10. The zero-order valence-electron chi connectivity index (χ0n) is 68.5. The number of carbonyl (C=O) groups excluding carboxylic acids is 13. The molecular formula is C70H94N34O23. The van der Waals surface area contributed by atoms with Crippen LogP contribution >= 0.6 is 0 Å². The molecule has 0 aromatic carbocycles. The number of nitrogens with zero attached hydrogens (tertiary/aromatic N) is 18. The molecule has 682 valence electrons. The van der Waals surface area contributed by atoms with Gasteiger partial charge in [-0.25, -0.2) is 29.1 Å². The summed E-state index contributed by atoms with van der Waals surface area (Å²) in [4.78, 5) is 316. The smallest absolute Gasteiger partial charge is 0.349 e. The predicted molar refractivity (Wildman–Crippen MR) is 440 cm³/mol. The molecule has 0 unspecified atom stereocenters. The van der Waals surface area contributed by atoms with Crippen molar-refractivity contribution in [3.05, 3.63) is 144 Å². The molecule has 57 heteroatoms. The summed E-state index contributed by atoms with van der Waals surface area (Å²) in [6.07, 6.45) is 6.71. The van der Waals surface area contributed by atoms with Crippen LogP contribution in [0.1, 0.15) is 11.1 Å². The first kappa shape index (κ1) is 96.5. The number of hydrogen-bond donors (Lipinski definition) is 16. The maximum Gasteiger partial charge on any atom is 0.349 e. The van der Waals surface area contributed by atoms with Crippen molar-refractivity contribution in [3.8, 4) is 0 Å². The number of nitrogen functional groups attached to an aromatic ring is 4. The zero-order valence-corrected chi connectivity index (χ0v) is 68.5. The predicted octanol–water partition coefficient (Wildman–Crippen LogP) is -15.0. The maximum absolute atomic E-state index is 14.2. The van der Waals surface area contributed by atoms with E-state index in [9.17, 15) is 101 Å². The fourth-order valence-corrected chi connectivity index (χ4v) is 11.8. The molecule has 0 radical (unpaired) electrons. The molecule has 0 bridgehead atoms. The third-order valence-electron chi connectivity index (χ3n) is 18.2. The third-order valence-corrected chi connectivity index (χ3v) is 18.2. The van der Waals surface area contributed by atoms with Crippen molar-refractivity contribution in [2.45, 2.75) is 53.1 Å². The van der Waals surface area contributed by atoms with Crippen LogP contribution in [0.15, 0.2) is 87.9 Å². The molecule has 22 N–H and O–H groups in total. The van der Waals surface area contributed by atoms with E-state index in [1.807, 2.05) is 0 Å². The first-order valence-corrected chi connectivity index (χ1v) is 38.5. The summed E-state index contributed by atoms with van der Waals surface area (Å²) in [5.74, 6) is -12.3. The van der Waals surface area contributed by atoms with E-state index in [0.29, 0.717) is 0 Å². The number of rotatable bonds is 49. The molecule has 0 spiro atoms. The minimum absolute atomic E-state index is 0.00135. The number of imidazole rings is 2. The summed E-state index contributed by atoms with van der Waals surface area (Å²) in [5.41, 5.74) is 26.4. The van der Waals surface area contributed by atoms with Gasteiger partial charge in [0.15, 0.2) is 22.3 Å². The summed E-state index contributed by atoms with van der Waals surface area (Å²) < 4.78 is 16.2. The average Bonchev–Trinajstić information content (AvgIpc) is 1.65. The van der Waals surface area contributed by atoms with Gasteiger partial charge in [0.2, 0.25) is 88.7 Å². The standard InChI is InChI=1S/C70H94N34O23/c1-40-23-101(69(124)91-61(40)118)33-53(114)96(28-47(108)81-10-18-98(56(117)36-104-39-84-58-60(104)88-66(76)90-64(58)121)30-49(110)77-6-14-93(25-44(74)105)55(116)35-103-38-83-57-59(103)87-65(75)89-63(57)120)17-9-80-46(107)27-94(51(112)31-99-12-3-42(72)85-67(99)122)15-7-78-45(106)26-95(52(113)32-100-13-4-43(73)86-68(100)123)16-8-79-48(109)29-97(19-11-82-50(111)37-127-22-21-126-20-5-71)54(115)34-102-24-41(2)62(119)92-70(102)125/h3-4,12-13,23-24,38-39H,5-11,14-22,25-37,71H2,1-2H3,(H2,74,105)(H,77,110)(H,78,106)(H,79,109)(H,80,107)(H,81,108)(H,82,111)(H2,72,85,122)(H2,73,86,123)(H,91,118,124)(H,92,119,125)(H3,75,87,89,120)(H3,76,88,90,121). The number of fused-ring (bicyclic) bond motifs is 2. The zero-order chi connectivity index (χ0) is 92.7. The molecule has 0 aliphatic rings. The van der Waals surface area contributed by atoms with Crippen LogP contribution in [0.25, 0.3) is 22.3 Å². The highest BCUT2D eigenvalue weighted by Gasteiger charge is 2.28. The SMILES string of the molecule is Cc1cn(CC(=O)N(CCNC(=O)COCCOCCN)CC(=O)NCCN(CC(=O)NCCN(CC(=O)NCCN(CC(=O)NCCN(CC(=O)NCCN(CC(N)=O)C(=O)Cn2cnc3c(=O)[nH]c(N)nc32)C(=O)Cn2cnc3c(=O)[nH]c(N)nc32)C(=O)Cn2cc(C)c(=O)[nH]c2=O)C(=O)Cn2ccc(N)nc2=O)C(=O)Cn2ccc(N)nc2=O)c(=O)[nH]c1=O. The molecule has 8 aromatic rings. The van der Waals surface area contributed by atoms with Gasteiger partial charge in [-0.1, -0.05) is 0 Å². The van der Waals surface area contributed by atoms with Crippen LogP contribution in [0.4, 0.5) is 23.5 Å². The highest BCUT2D eigenvalue weighted by atomic mass is 16.5. The van der Waals surface area contributed by atoms with Gasteiger partial charge in [-0.2, -0.15) is 19.9 Å². The Morgan fingerprint density at radius 1 is 0.378 bits per heavy atom. The summed E-state index contributed by atoms with van der Waals surface area (Å²) in [7, 11) is 0. The Bertz CT molecular complexity index is 5920. The maximum atomic E-state index is 14.2. The molecular weight excluding hydrogens is 1680 g/mol. The van der Waals surface area contributed by atoms with Gasteiger partial charge in [0.1, 0.15) is 57.5 Å². The Morgan fingerprint density at radius 3 is 0.992 bits per heavy atom. The van der Waals surface area contributed by atoms with E-state index < -0.39 is 259 Å². The van der Waals surface area contributed by atoms with E-state index in [4.69, 9.17) is 43.9 Å². The van der Waals surface area contributed by atoms with Crippen LogP contribution in [0.5, 0.6) is 0 Å². The van der Waals surface area contributed by atoms with E-state index in [0.717, 1.165) is 89.7 Å². The van der Waals surface area contributed by atoms with Crippen LogP contribution in [-0.4, -0.2) is 334 Å². The lowest BCUT2D eigenvalue weighted by Crippen LogP contribution is -2.50. The minimum atomic E-state index is -1.03. The van der Waals surface area contributed by atoms with Gasteiger partial charge in [-0.05, 0) is 26.0 Å². The number of primary amides is 1. The molecule has 13 amide bonds. The highest BCUT2D eigenvalue weighted by molar-refractivity contribution is 5.90. The highest BCUT2D eigenvalue weighted by Crippen LogP contribution is 2.11. The molecule has 8 rings (SSSR count). The number of H-pyrrole nitrogens is 4. The second-order valence-corrected chi connectivity index (χ2v) is 27.8. The Labute approximate surface area is 712 Å². The topological polar surface area (TPSA) is 795 Å². The van der Waals surface area contributed by atoms with Gasteiger partial charge < -0.3 is 114 Å². The number of ether oxygens (including phenoxy) is 2. The largest absolute Gasteiger partial charge is 0.383 e. The Balaban J connectivity index is 0.929. The number of aromatic nitrogens is 16. The van der Waals surface area contributed by atoms with E-state index in [1.54, 1.807) is 0 Å². The fourth-order valence-electron chi connectivity index (χ4n) is 11.8. The van der Waals surface area contributed by atoms with Crippen molar-refractivity contribution in [2.75, 3.05) is 174 Å². The number of anilines is 4. The summed E-state index contributed by atoms with van der Waals surface area (Å²) in [6, 6.07) is 2.41. The van der Waals surface area contributed by atoms with E-state index in [1.165, 1.54) is 30.5 Å². The Kier molecular flexibility index (Phi) is 35.2. The lowest BCUT2D eigenvalue weighted by Gasteiger charge is -2.26. The molecule has 0 atom stereocenters. The van der Waals surface area contributed by atoms with Crippen molar-refractivity contribution in [1.82, 2.24) is 139 Å². The van der Waals surface area contributed by atoms with Crippen molar-refractivity contribution in [3.63, 3.8) is 0 Å². The van der Waals surface area contributed by atoms with Gasteiger partial charge in [0, 0.05) is 121 Å². The fraction of sp³-hybridized carbons (Fsp3) is 0.443. The van der Waals surface area contributed by atoms with Gasteiger partial charge >= 0.3 is 22.8 Å². The van der Waals surface area contributed by atoms with Crippen LogP contribution in [-0.2, 0) is 111 Å². The van der Waals surface area contributed by atoms with Crippen molar-refractivity contribution >= 4 is 123 Å². The molecule has 0 saturated carbocycles. The van der Waals surface area contributed by atoms with Gasteiger partial charge in [0.25, 0.3) is 22.2 Å². The minimum Gasteiger partial charge on any atom is -0.383 e. The van der Waals surface area contributed by atoms with Crippen molar-refractivity contribution in [1.29, 1.82) is 0 Å². The second kappa shape index (κ2) is 46.3. The molecule has 0 saturated heterocycles. The van der Waals surface area contributed by atoms with Gasteiger partial charge in [-0.15, -0.1) is 0 Å². The summed E-state index contributed by atoms with van der Waals surface area (Å²) >= 11 is 0. The summed E-state index contributed by atoms with van der Waals surface area (Å²) in [6.45, 7) is -10.9. The second-order valence-electron chi connectivity index (χ2n) is 27.8. The van der Waals surface area contributed by atoms with Crippen LogP contribution in [0, 0.1) is 13.8 Å². The number of nitrogens with two attached hydrogens (primary N) is 6. The van der Waals surface area contributed by atoms with Crippen LogP contribution < -0.4 is 111 Å². The number of amides is 13. The Morgan fingerprint density at radius 2 is 0.677 bits per heavy atom. The Hall–Kier alpha value is -16.0. The third kappa shape index (κ3) is 29.7. The number of hydrogen-bond acceptors (Lipinski definition) is 34. The monoisotopic (exact) mass is 1780 g/mol. The average molecular weight is 1780 g/mol. The molecule has 0 aliphatic heterocycles.